The Balaban J connectivity index is 2.42. The third kappa shape index (κ3) is 3.31. The van der Waals surface area contributed by atoms with Crippen LogP contribution in [0.1, 0.15) is 22.3 Å². The van der Waals surface area contributed by atoms with Crippen LogP contribution >= 0.6 is 0 Å². The SMILES string of the molecule is Cc1ccc(C)c(CC(CN)(CO)c2ccc(F)cc2)c1. The highest BCUT2D eigenvalue weighted by Gasteiger charge is 2.31. The van der Waals surface area contributed by atoms with Crippen LogP contribution < -0.4 is 5.73 Å². The van der Waals surface area contributed by atoms with Gasteiger partial charge in [-0.1, -0.05) is 35.9 Å². The zero-order valence-corrected chi connectivity index (χ0v) is 12.6. The van der Waals surface area contributed by atoms with Crippen LogP contribution in [0.4, 0.5) is 4.39 Å². The van der Waals surface area contributed by atoms with E-state index in [9.17, 15) is 9.50 Å². The standard InChI is InChI=1S/C18H22FNO/c1-13-3-4-14(2)15(9-13)10-18(11-20,12-21)16-5-7-17(19)8-6-16/h3-9,21H,10-12,20H2,1-2H3. The number of aliphatic hydroxyl groups is 1. The summed E-state index contributed by atoms with van der Waals surface area (Å²) in [5.41, 5.74) is 9.78. The molecule has 0 aromatic heterocycles. The van der Waals surface area contributed by atoms with E-state index in [1.807, 2.05) is 6.92 Å². The molecule has 2 aromatic carbocycles. The van der Waals surface area contributed by atoms with Crippen molar-refractivity contribution in [2.45, 2.75) is 25.7 Å². The van der Waals surface area contributed by atoms with Crippen molar-refractivity contribution in [3.05, 3.63) is 70.5 Å². The fourth-order valence-corrected chi connectivity index (χ4v) is 2.66. The molecule has 0 spiro atoms. The van der Waals surface area contributed by atoms with Gasteiger partial charge < -0.3 is 10.8 Å². The number of halogens is 1. The predicted octanol–water partition coefficient (Wildman–Crippen LogP) is 2.87. The monoisotopic (exact) mass is 287 g/mol. The van der Waals surface area contributed by atoms with Gasteiger partial charge in [0.15, 0.2) is 0 Å². The molecule has 1 unspecified atom stereocenters. The fourth-order valence-electron chi connectivity index (χ4n) is 2.66. The maximum atomic E-state index is 13.1. The number of rotatable bonds is 5. The second-order valence-corrected chi connectivity index (χ2v) is 5.76. The summed E-state index contributed by atoms with van der Waals surface area (Å²) in [6, 6.07) is 12.5. The molecule has 0 saturated heterocycles. The Labute approximate surface area is 125 Å². The molecule has 2 nitrogen and oxygen atoms in total. The molecule has 3 N–H and O–H groups in total. The van der Waals surface area contributed by atoms with Gasteiger partial charge in [-0.05, 0) is 49.1 Å². The second-order valence-electron chi connectivity index (χ2n) is 5.76. The summed E-state index contributed by atoms with van der Waals surface area (Å²) in [7, 11) is 0. The van der Waals surface area contributed by atoms with Gasteiger partial charge in [0.25, 0.3) is 0 Å². The minimum Gasteiger partial charge on any atom is -0.395 e. The van der Waals surface area contributed by atoms with Gasteiger partial charge in [-0.15, -0.1) is 0 Å². The molecule has 21 heavy (non-hydrogen) atoms. The number of aliphatic hydroxyl groups excluding tert-OH is 1. The molecular weight excluding hydrogens is 265 g/mol. The van der Waals surface area contributed by atoms with Gasteiger partial charge in [0.2, 0.25) is 0 Å². The summed E-state index contributed by atoms with van der Waals surface area (Å²) in [4.78, 5) is 0. The average Bonchev–Trinajstić information content (AvgIpc) is 2.49. The van der Waals surface area contributed by atoms with Crippen LogP contribution in [-0.4, -0.2) is 18.3 Å². The molecule has 2 rings (SSSR count). The number of benzene rings is 2. The molecule has 0 aliphatic carbocycles. The highest BCUT2D eigenvalue weighted by atomic mass is 19.1. The molecule has 0 radical (unpaired) electrons. The third-order valence-electron chi connectivity index (χ3n) is 4.18. The second kappa shape index (κ2) is 6.37. The van der Waals surface area contributed by atoms with Gasteiger partial charge in [0.1, 0.15) is 5.82 Å². The van der Waals surface area contributed by atoms with Gasteiger partial charge >= 0.3 is 0 Å². The Bertz CT molecular complexity index is 603. The van der Waals surface area contributed by atoms with E-state index in [1.165, 1.54) is 28.8 Å². The van der Waals surface area contributed by atoms with Crippen molar-refractivity contribution < 1.29 is 9.50 Å². The van der Waals surface area contributed by atoms with Crippen LogP contribution in [0.3, 0.4) is 0 Å². The van der Waals surface area contributed by atoms with Crippen LogP contribution in [0.25, 0.3) is 0 Å². The molecule has 2 aromatic rings. The maximum Gasteiger partial charge on any atom is 0.123 e. The Morgan fingerprint density at radius 3 is 2.33 bits per heavy atom. The van der Waals surface area contributed by atoms with E-state index < -0.39 is 5.41 Å². The summed E-state index contributed by atoms with van der Waals surface area (Å²) in [5.74, 6) is -0.283. The molecule has 112 valence electrons. The zero-order valence-electron chi connectivity index (χ0n) is 12.6. The van der Waals surface area contributed by atoms with Crippen molar-refractivity contribution in [2.24, 2.45) is 5.73 Å². The lowest BCUT2D eigenvalue weighted by Gasteiger charge is -2.32. The normalized spacial score (nSPS) is 14.0. The Morgan fingerprint density at radius 2 is 1.76 bits per heavy atom. The molecule has 3 heteroatoms. The largest absolute Gasteiger partial charge is 0.395 e. The lowest BCUT2D eigenvalue weighted by molar-refractivity contribution is 0.196. The van der Waals surface area contributed by atoms with Crippen LogP contribution in [-0.2, 0) is 11.8 Å². The van der Waals surface area contributed by atoms with Crippen LogP contribution in [0.2, 0.25) is 0 Å². The van der Waals surface area contributed by atoms with Crippen LogP contribution in [0.15, 0.2) is 42.5 Å². The van der Waals surface area contributed by atoms with E-state index in [2.05, 4.69) is 25.1 Å². The van der Waals surface area contributed by atoms with Crippen molar-refractivity contribution in [3.63, 3.8) is 0 Å². The van der Waals surface area contributed by atoms with Crippen molar-refractivity contribution in [1.82, 2.24) is 0 Å². The summed E-state index contributed by atoms with van der Waals surface area (Å²) < 4.78 is 13.1. The van der Waals surface area contributed by atoms with Crippen molar-refractivity contribution in [2.75, 3.05) is 13.2 Å². The van der Waals surface area contributed by atoms with Gasteiger partial charge in [-0.25, -0.2) is 4.39 Å². The highest BCUT2D eigenvalue weighted by molar-refractivity contribution is 5.36. The number of hydrogen-bond acceptors (Lipinski definition) is 2. The predicted molar refractivity (Wildman–Crippen MR) is 83.8 cm³/mol. The van der Waals surface area contributed by atoms with Crippen LogP contribution in [0.5, 0.6) is 0 Å². The molecule has 0 bridgehead atoms. The van der Waals surface area contributed by atoms with E-state index in [4.69, 9.17) is 5.73 Å². The third-order valence-corrected chi connectivity index (χ3v) is 4.18. The van der Waals surface area contributed by atoms with Crippen molar-refractivity contribution >= 4 is 0 Å². The Hall–Kier alpha value is -1.71. The first-order chi connectivity index (χ1) is 10.0. The summed E-state index contributed by atoms with van der Waals surface area (Å²) in [5, 5.41) is 9.95. The summed E-state index contributed by atoms with van der Waals surface area (Å²) in [6.45, 7) is 4.34. The van der Waals surface area contributed by atoms with Gasteiger partial charge in [-0.2, -0.15) is 0 Å². The first-order valence-electron chi connectivity index (χ1n) is 7.14. The Morgan fingerprint density at radius 1 is 1.10 bits per heavy atom. The highest BCUT2D eigenvalue weighted by Crippen LogP contribution is 2.29. The first kappa shape index (κ1) is 15.7. The molecule has 0 aliphatic rings. The molecule has 0 saturated carbocycles. The van der Waals surface area contributed by atoms with Crippen LogP contribution in [0, 0.1) is 19.7 Å². The summed E-state index contributed by atoms with van der Waals surface area (Å²) in [6.07, 6.45) is 0.638. The fraction of sp³-hybridized carbons (Fsp3) is 0.333. The van der Waals surface area contributed by atoms with E-state index in [1.54, 1.807) is 12.1 Å². The molecule has 1 atom stereocenters. The van der Waals surface area contributed by atoms with E-state index in [0.29, 0.717) is 13.0 Å². The average molecular weight is 287 g/mol. The van der Waals surface area contributed by atoms with Gasteiger partial charge in [0, 0.05) is 12.0 Å². The Kier molecular flexibility index (Phi) is 4.76. The molecule has 0 heterocycles. The number of aryl methyl sites for hydroxylation is 2. The quantitative estimate of drug-likeness (QED) is 0.888. The molecule has 0 aliphatic heterocycles. The minimum atomic E-state index is -0.577. The van der Waals surface area contributed by atoms with Crippen molar-refractivity contribution in [3.8, 4) is 0 Å². The minimum absolute atomic E-state index is 0.0670. The number of nitrogens with two attached hydrogens (primary N) is 1. The van der Waals surface area contributed by atoms with E-state index in [-0.39, 0.29) is 12.4 Å². The smallest absolute Gasteiger partial charge is 0.123 e. The van der Waals surface area contributed by atoms with Gasteiger partial charge in [0.05, 0.1) is 6.61 Å². The summed E-state index contributed by atoms with van der Waals surface area (Å²) >= 11 is 0. The van der Waals surface area contributed by atoms with E-state index in [0.717, 1.165) is 5.56 Å². The maximum absolute atomic E-state index is 13.1. The zero-order chi connectivity index (χ0) is 15.5. The molecule has 0 fully saturated rings. The first-order valence-corrected chi connectivity index (χ1v) is 7.14. The van der Waals surface area contributed by atoms with Crippen molar-refractivity contribution in [1.29, 1.82) is 0 Å². The topological polar surface area (TPSA) is 46.2 Å². The lowest BCUT2D eigenvalue weighted by Crippen LogP contribution is -2.41. The molecular formula is C18H22FNO. The number of hydrogen-bond donors (Lipinski definition) is 2. The molecule has 0 amide bonds. The van der Waals surface area contributed by atoms with E-state index >= 15 is 0 Å². The van der Waals surface area contributed by atoms with Gasteiger partial charge in [-0.3, -0.25) is 0 Å². The lowest BCUT2D eigenvalue weighted by atomic mass is 9.75.